The quantitative estimate of drug-likeness (QED) is 0.545. The highest BCUT2D eigenvalue weighted by Gasteiger charge is 2.30. The van der Waals surface area contributed by atoms with E-state index in [9.17, 15) is 9.59 Å². The van der Waals surface area contributed by atoms with E-state index in [1.165, 1.54) is 13.0 Å². The van der Waals surface area contributed by atoms with E-state index in [4.69, 9.17) is 14.2 Å². The molecule has 0 radical (unpaired) electrons. The van der Waals surface area contributed by atoms with Crippen LogP contribution in [0.3, 0.4) is 0 Å². The summed E-state index contributed by atoms with van der Waals surface area (Å²) >= 11 is 0. The average Bonchev–Trinajstić information content (AvgIpc) is 2.56. The minimum Gasteiger partial charge on any atom is -0.486 e. The maximum absolute atomic E-state index is 12.4. The van der Waals surface area contributed by atoms with E-state index in [-0.39, 0.29) is 5.92 Å². The summed E-state index contributed by atoms with van der Waals surface area (Å²) in [6.45, 7) is 14.5. The van der Waals surface area contributed by atoms with Crippen LogP contribution in [0.2, 0.25) is 0 Å². The van der Waals surface area contributed by atoms with E-state index in [1.54, 1.807) is 20.8 Å². The van der Waals surface area contributed by atoms with E-state index in [1.807, 2.05) is 44.2 Å². The molecule has 0 bridgehead atoms. The molecule has 0 heterocycles. The number of carbonyl (C=O) groups excluding carboxylic acids is 2. The van der Waals surface area contributed by atoms with E-state index >= 15 is 0 Å². The van der Waals surface area contributed by atoms with Crippen LogP contribution in [0.1, 0.15) is 41.5 Å². The molecule has 0 unspecified atom stereocenters. The molecule has 1 rings (SSSR count). The molecule has 1 aromatic rings. The van der Waals surface area contributed by atoms with Gasteiger partial charge in [-0.1, -0.05) is 38.6 Å². The predicted octanol–water partition coefficient (Wildman–Crippen LogP) is 4.10. The monoisotopic (exact) mass is 377 g/mol. The average molecular weight is 377 g/mol. The van der Waals surface area contributed by atoms with Crippen molar-refractivity contribution < 1.29 is 23.8 Å². The molecule has 6 heteroatoms. The molecule has 1 aromatic carbocycles. The largest absolute Gasteiger partial charge is 0.486 e. The van der Waals surface area contributed by atoms with E-state index in [0.717, 1.165) is 0 Å². The Morgan fingerprint density at radius 1 is 1.11 bits per heavy atom. The molecular weight excluding hydrogens is 346 g/mol. The molecule has 0 aliphatic carbocycles. The fourth-order valence-corrected chi connectivity index (χ4v) is 2.27. The zero-order valence-electron chi connectivity index (χ0n) is 17.0. The van der Waals surface area contributed by atoms with Gasteiger partial charge >= 0.3 is 12.1 Å². The molecular formula is C21H31NO5. The Balaban J connectivity index is 2.74. The van der Waals surface area contributed by atoms with Crippen molar-refractivity contribution in [3.05, 3.63) is 43.0 Å². The highest BCUT2D eigenvalue weighted by atomic mass is 16.6. The summed E-state index contributed by atoms with van der Waals surface area (Å²) in [6.07, 6.45) is -0.225. The smallest absolute Gasteiger partial charge is 0.408 e. The van der Waals surface area contributed by atoms with Gasteiger partial charge in [0, 0.05) is 0 Å². The van der Waals surface area contributed by atoms with Crippen LogP contribution in [-0.2, 0) is 14.3 Å². The molecule has 0 aromatic heterocycles. The third-order valence-electron chi connectivity index (χ3n) is 3.57. The molecule has 0 aliphatic heterocycles. The van der Waals surface area contributed by atoms with Crippen molar-refractivity contribution in [2.75, 3.05) is 0 Å². The van der Waals surface area contributed by atoms with Gasteiger partial charge in [0.25, 0.3) is 0 Å². The third kappa shape index (κ3) is 8.15. The molecule has 1 amide bonds. The van der Waals surface area contributed by atoms with Crippen LogP contribution < -0.4 is 10.1 Å². The van der Waals surface area contributed by atoms with Crippen molar-refractivity contribution in [2.45, 2.75) is 65.4 Å². The van der Waals surface area contributed by atoms with Crippen LogP contribution in [0.25, 0.3) is 0 Å². The van der Waals surface area contributed by atoms with Crippen molar-refractivity contribution in [2.24, 2.45) is 5.92 Å². The number of hydrogen-bond acceptors (Lipinski definition) is 5. The first-order valence-electron chi connectivity index (χ1n) is 9.07. The molecule has 0 spiro atoms. The van der Waals surface area contributed by atoms with Crippen LogP contribution in [0.4, 0.5) is 4.79 Å². The van der Waals surface area contributed by atoms with Crippen molar-refractivity contribution in [3.8, 4) is 5.75 Å². The summed E-state index contributed by atoms with van der Waals surface area (Å²) in [5.74, 6) is 0.155. The molecule has 3 atom stereocenters. The highest BCUT2D eigenvalue weighted by Crippen LogP contribution is 2.20. The number of rotatable bonds is 8. The van der Waals surface area contributed by atoms with Crippen molar-refractivity contribution in [1.29, 1.82) is 0 Å². The van der Waals surface area contributed by atoms with Gasteiger partial charge < -0.3 is 19.5 Å². The number of amides is 1. The molecule has 6 nitrogen and oxygen atoms in total. The number of ether oxygens (including phenoxy) is 3. The second kappa shape index (κ2) is 10.00. The summed E-state index contributed by atoms with van der Waals surface area (Å²) < 4.78 is 16.7. The number of benzene rings is 1. The fraction of sp³-hybridized carbons (Fsp3) is 0.524. The molecule has 0 aliphatic rings. The number of esters is 1. The van der Waals surface area contributed by atoms with Gasteiger partial charge in [0.15, 0.2) is 6.10 Å². The van der Waals surface area contributed by atoms with Gasteiger partial charge in [-0.15, -0.1) is 0 Å². The zero-order chi connectivity index (χ0) is 20.6. The summed E-state index contributed by atoms with van der Waals surface area (Å²) in [5, 5.41) is 2.47. The number of alkyl carbamates (subject to hydrolysis) is 1. The van der Waals surface area contributed by atoms with Crippen LogP contribution >= 0.6 is 0 Å². The van der Waals surface area contributed by atoms with Crippen molar-refractivity contribution in [3.63, 3.8) is 0 Å². The van der Waals surface area contributed by atoms with E-state index in [2.05, 4.69) is 11.9 Å². The van der Waals surface area contributed by atoms with Gasteiger partial charge in [0.1, 0.15) is 23.5 Å². The van der Waals surface area contributed by atoms with Crippen molar-refractivity contribution in [1.82, 2.24) is 5.32 Å². The maximum Gasteiger partial charge on any atom is 0.408 e. The summed E-state index contributed by atoms with van der Waals surface area (Å²) in [4.78, 5) is 24.2. The Hall–Kier alpha value is -2.50. The number of para-hydroxylation sites is 1. The molecule has 0 fully saturated rings. The Labute approximate surface area is 161 Å². The first-order chi connectivity index (χ1) is 12.5. The zero-order valence-corrected chi connectivity index (χ0v) is 17.0. The Bertz CT molecular complexity index is 621. The minimum absolute atomic E-state index is 0.0649. The Kier molecular flexibility index (Phi) is 8.34. The topological polar surface area (TPSA) is 73.9 Å². The normalized spacial score (nSPS) is 14.6. The molecule has 1 N–H and O–H groups in total. The lowest BCUT2D eigenvalue weighted by Crippen LogP contribution is -2.45. The lowest BCUT2D eigenvalue weighted by atomic mass is 10.0. The standard InChI is InChI=1S/C21H31NO5/c1-8-17(18(14(2)3)25-16-12-10-9-11-13-16)26-19(23)15(4)22-20(24)27-21(5,6)7/h8-15,17-18H,1H2,2-7H3,(H,22,24)/t15-,17+,18+/m0/s1. The Morgan fingerprint density at radius 3 is 2.19 bits per heavy atom. The number of hydrogen-bond donors (Lipinski definition) is 1. The minimum atomic E-state index is -0.869. The first kappa shape index (κ1) is 22.5. The van der Waals surface area contributed by atoms with Gasteiger partial charge in [-0.05, 0) is 51.8 Å². The van der Waals surface area contributed by atoms with Crippen LogP contribution in [0.5, 0.6) is 5.75 Å². The lowest BCUT2D eigenvalue weighted by molar-refractivity contribution is -0.153. The first-order valence-corrected chi connectivity index (χ1v) is 9.07. The second-order valence-electron chi connectivity index (χ2n) is 7.64. The summed E-state index contributed by atoms with van der Waals surface area (Å²) in [5.41, 5.74) is -0.649. The van der Waals surface area contributed by atoms with Gasteiger partial charge in [0.2, 0.25) is 0 Å². The SMILES string of the molecule is C=C[C@@H](OC(=O)[C@H](C)NC(=O)OC(C)(C)C)[C@H](Oc1ccccc1)C(C)C. The van der Waals surface area contributed by atoms with Gasteiger partial charge in [-0.3, -0.25) is 0 Å². The predicted molar refractivity (Wildman–Crippen MR) is 105 cm³/mol. The van der Waals surface area contributed by atoms with Gasteiger partial charge in [-0.2, -0.15) is 0 Å². The van der Waals surface area contributed by atoms with Crippen LogP contribution in [-0.4, -0.2) is 35.9 Å². The molecule has 27 heavy (non-hydrogen) atoms. The van der Waals surface area contributed by atoms with E-state index in [0.29, 0.717) is 5.75 Å². The summed E-state index contributed by atoms with van der Waals surface area (Å²) in [7, 11) is 0. The van der Waals surface area contributed by atoms with Crippen molar-refractivity contribution >= 4 is 12.1 Å². The maximum atomic E-state index is 12.4. The third-order valence-corrected chi connectivity index (χ3v) is 3.57. The molecule has 0 saturated carbocycles. The molecule has 0 saturated heterocycles. The van der Waals surface area contributed by atoms with Gasteiger partial charge in [-0.25, -0.2) is 9.59 Å². The number of carbonyl (C=O) groups is 2. The molecule has 150 valence electrons. The lowest BCUT2D eigenvalue weighted by Gasteiger charge is -2.29. The number of nitrogens with one attached hydrogen (secondary N) is 1. The Morgan fingerprint density at radius 2 is 1.70 bits per heavy atom. The van der Waals surface area contributed by atoms with Crippen LogP contribution in [0.15, 0.2) is 43.0 Å². The highest BCUT2D eigenvalue weighted by molar-refractivity contribution is 5.81. The summed E-state index contributed by atoms with van der Waals surface area (Å²) in [6, 6.07) is 8.44. The van der Waals surface area contributed by atoms with Crippen LogP contribution in [0, 0.1) is 5.92 Å². The fourth-order valence-electron chi connectivity index (χ4n) is 2.27. The van der Waals surface area contributed by atoms with Gasteiger partial charge in [0.05, 0.1) is 0 Å². The second-order valence-corrected chi connectivity index (χ2v) is 7.64. The van der Waals surface area contributed by atoms with E-state index < -0.39 is 35.9 Å².